The first-order chi connectivity index (χ1) is 14.4. The molecule has 2 aromatic heterocycles. The van der Waals surface area contributed by atoms with E-state index in [9.17, 15) is 14.4 Å². The van der Waals surface area contributed by atoms with Crippen molar-refractivity contribution in [3.8, 4) is 0 Å². The molecule has 2 N–H and O–H groups in total. The summed E-state index contributed by atoms with van der Waals surface area (Å²) in [5.74, 6) is -0.642. The van der Waals surface area contributed by atoms with E-state index in [1.54, 1.807) is 55.7 Å². The number of urea groups is 1. The van der Waals surface area contributed by atoms with Crippen LogP contribution in [0, 0.1) is 13.8 Å². The number of furan rings is 1. The lowest BCUT2D eigenvalue weighted by molar-refractivity contribution is -0.129. The van der Waals surface area contributed by atoms with E-state index in [1.807, 2.05) is 17.6 Å². The van der Waals surface area contributed by atoms with Crippen molar-refractivity contribution >= 4 is 17.9 Å². The summed E-state index contributed by atoms with van der Waals surface area (Å²) >= 11 is 0. The minimum atomic E-state index is -1.27. The Morgan fingerprint density at radius 2 is 1.83 bits per heavy atom. The molecule has 1 aromatic carbocycles. The van der Waals surface area contributed by atoms with E-state index in [0.29, 0.717) is 23.4 Å². The van der Waals surface area contributed by atoms with Crippen molar-refractivity contribution in [2.24, 2.45) is 0 Å². The molecule has 0 spiro atoms. The number of benzene rings is 1. The van der Waals surface area contributed by atoms with Gasteiger partial charge in [0.05, 0.1) is 18.4 Å². The molecule has 156 valence electrons. The molecular formula is C22H23N3O5. The summed E-state index contributed by atoms with van der Waals surface area (Å²) in [6, 6.07) is 13.2. The predicted molar refractivity (Wildman–Crippen MR) is 109 cm³/mol. The average Bonchev–Trinajstić information content (AvgIpc) is 3.36. The van der Waals surface area contributed by atoms with E-state index < -0.39 is 24.0 Å². The summed E-state index contributed by atoms with van der Waals surface area (Å²) in [6.45, 7) is 4.14. The van der Waals surface area contributed by atoms with Gasteiger partial charge in [-0.1, -0.05) is 30.3 Å². The number of aromatic nitrogens is 1. The van der Waals surface area contributed by atoms with Crippen molar-refractivity contribution in [1.82, 2.24) is 15.2 Å². The van der Waals surface area contributed by atoms with Crippen LogP contribution in [-0.4, -0.2) is 29.5 Å². The molecule has 0 aliphatic rings. The predicted octanol–water partition coefficient (Wildman–Crippen LogP) is 3.10. The lowest BCUT2D eigenvalue weighted by atomic mass is 10.1. The molecule has 3 aromatic rings. The van der Waals surface area contributed by atoms with Crippen molar-refractivity contribution in [1.29, 1.82) is 0 Å². The van der Waals surface area contributed by atoms with Gasteiger partial charge in [-0.15, -0.1) is 0 Å². The molecule has 8 heteroatoms. The van der Waals surface area contributed by atoms with Crippen LogP contribution >= 0.6 is 0 Å². The molecule has 8 nitrogen and oxygen atoms in total. The van der Waals surface area contributed by atoms with Crippen LogP contribution in [0.1, 0.15) is 39.2 Å². The molecule has 0 unspecified atom stereocenters. The third kappa shape index (κ3) is 4.60. The van der Waals surface area contributed by atoms with Crippen LogP contribution in [0.25, 0.3) is 0 Å². The summed E-state index contributed by atoms with van der Waals surface area (Å²) < 4.78 is 12.9. The monoisotopic (exact) mass is 409 g/mol. The van der Waals surface area contributed by atoms with Gasteiger partial charge in [0, 0.05) is 24.0 Å². The van der Waals surface area contributed by atoms with Crippen LogP contribution in [0.5, 0.6) is 0 Å². The van der Waals surface area contributed by atoms with Gasteiger partial charge in [0.1, 0.15) is 5.76 Å². The minimum absolute atomic E-state index is 0.340. The number of nitrogens with zero attached hydrogens (tertiary/aromatic N) is 1. The number of imide groups is 1. The second-order valence-electron chi connectivity index (χ2n) is 6.71. The maximum atomic E-state index is 12.9. The average molecular weight is 409 g/mol. The summed E-state index contributed by atoms with van der Waals surface area (Å²) in [5.41, 5.74) is 2.33. The molecule has 0 saturated heterocycles. The Hall–Kier alpha value is -3.81. The first-order valence-electron chi connectivity index (χ1n) is 9.38. The molecule has 0 fully saturated rings. The number of ether oxygens (including phenoxy) is 1. The second-order valence-corrected chi connectivity index (χ2v) is 6.71. The number of hydrogen-bond acceptors (Lipinski definition) is 5. The van der Waals surface area contributed by atoms with E-state index in [0.717, 1.165) is 11.5 Å². The van der Waals surface area contributed by atoms with Gasteiger partial charge in [0.15, 0.2) is 0 Å². The normalized spacial score (nSPS) is 11.6. The Morgan fingerprint density at radius 1 is 1.10 bits per heavy atom. The first-order valence-corrected chi connectivity index (χ1v) is 9.38. The van der Waals surface area contributed by atoms with Crippen LogP contribution in [0.3, 0.4) is 0 Å². The molecule has 3 rings (SSSR count). The largest absolute Gasteiger partial charge is 0.467 e. The maximum absolute atomic E-state index is 12.9. The fourth-order valence-electron chi connectivity index (χ4n) is 3.12. The molecule has 3 amide bonds. The highest BCUT2D eigenvalue weighted by atomic mass is 16.5. The number of amides is 3. The van der Waals surface area contributed by atoms with Crippen LogP contribution < -0.4 is 10.6 Å². The highest BCUT2D eigenvalue weighted by molar-refractivity contribution is 5.99. The van der Waals surface area contributed by atoms with E-state index in [1.165, 1.54) is 7.05 Å². The number of rotatable bonds is 6. The Bertz CT molecular complexity index is 1040. The molecule has 30 heavy (non-hydrogen) atoms. The lowest BCUT2D eigenvalue weighted by Crippen LogP contribution is -2.41. The van der Waals surface area contributed by atoms with Gasteiger partial charge in [0.2, 0.25) is 6.10 Å². The molecule has 0 aliphatic heterocycles. The van der Waals surface area contributed by atoms with Crippen LogP contribution in [0.2, 0.25) is 0 Å². The smallest absolute Gasteiger partial charge is 0.341 e. The number of carbonyl (C=O) groups excluding carboxylic acids is 3. The number of hydrogen-bond donors (Lipinski definition) is 2. The molecule has 0 radical (unpaired) electrons. The highest BCUT2D eigenvalue weighted by Crippen LogP contribution is 2.23. The van der Waals surface area contributed by atoms with Crippen molar-refractivity contribution in [3.63, 3.8) is 0 Å². The van der Waals surface area contributed by atoms with Crippen molar-refractivity contribution in [2.45, 2.75) is 26.5 Å². The highest BCUT2D eigenvalue weighted by Gasteiger charge is 2.28. The molecule has 0 saturated carbocycles. The minimum Gasteiger partial charge on any atom is -0.467 e. The van der Waals surface area contributed by atoms with Crippen molar-refractivity contribution in [2.75, 3.05) is 7.05 Å². The maximum Gasteiger partial charge on any atom is 0.341 e. The van der Waals surface area contributed by atoms with Crippen LogP contribution in [-0.2, 0) is 16.1 Å². The second kappa shape index (κ2) is 9.13. The van der Waals surface area contributed by atoms with Gasteiger partial charge in [0.25, 0.3) is 5.91 Å². The van der Waals surface area contributed by atoms with E-state index in [2.05, 4.69) is 10.6 Å². The molecule has 0 bridgehead atoms. The van der Waals surface area contributed by atoms with Gasteiger partial charge in [-0.2, -0.15) is 0 Å². The fraction of sp³-hybridized carbons (Fsp3) is 0.227. The van der Waals surface area contributed by atoms with Gasteiger partial charge in [-0.25, -0.2) is 9.59 Å². The number of esters is 1. The Morgan fingerprint density at radius 3 is 2.47 bits per heavy atom. The molecule has 2 heterocycles. The quantitative estimate of drug-likeness (QED) is 0.609. The lowest BCUT2D eigenvalue weighted by Gasteiger charge is -2.17. The third-order valence-electron chi connectivity index (χ3n) is 4.72. The molecule has 1 atom stereocenters. The van der Waals surface area contributed by atoms with Crippen molar-refractivity contribution in [3.05, 3.63) is 83.1 Å². The van der Waals surface area contributed by atoms with Crippen LogP contribution in [0.4, 0.5) is 4.79 Å². The summed E-state index contributed by atoms with van der Waals surface area (Å²) in [4.78, 5) is 37.1. The zero-order chi connectivity index (χ0) is 21.7. The molecular weight excluding hydrogens is 386 g/mol. The van der Waals surface area contributed by atoms with Crippen LogP contribution in [0.15, 0.2) is 59.2 Å². The first kappa shape index (κ1) is 20.9. The number of carbonyl (C=O) groups is 3. The topological polar surface area (TPSA) is 103 Å². The SMILES string of the molecule is CNC(=O)NC(=O)[C@@H](OC(=O)c1cc(C)n(Cc2ccco2)c1C)c1ccccc1. The van der Waals surface area contributed by atoms with Gasteiger partial charge < -0.3 is 19.0 Å². The van der Waals surface area contributed by atoms with Crippen molar-refractivity contribution < 1.29 is 23.5 Å². The molecule has 0 aliphatic carbocycles. The Labute approximate surface area is 173 Å². The van der Waals surface area contributed by atoms with E-state index >= 15 is 0 Å². The van der Waals surface area contributed by atoms with E-state index in [4.69, 9.17) is 9.15 Å². The number of nitrogens with one attached hydrogen (secondary N) is 2. The van der Waals surface area contributed by atoms with Gasteiger partial charge in [-0.3, -0.25) is 10.1 Å². The summed E-state index contributed by atoms with van der Waals surface area (Å²) in [5, 5.41) is 4.47. The zero-order valence-electron chi connectivity index (χ0n) is 17.0. The summed E-state index contributed by atoms with van der Waals surface area (Å²) in [7, 11) is 1.39. The Balaban J connectivity index is 1.85. The fourth-order valence-corrected chi connectivity index (χ4v) is 3.12. The van der Waals surface area contributed by atoms with E-state index in [-0.39, 0.29) is 0 Å². The summed E-state index contributed by atoms with van der Waals surface area (Å²) in [6.07, 6.45) is 0.318. The van der Waals surface area contributed by atoms with Gasteiger partial charge in [-0.05, 0) is 32.0 Å². The van der Waals surface area contributed by atoms with Gasteiger partial charge >= 0.3 is 12.0 Å². The number of aryl methyl sites for hydroxylation is 1. The zero-order valence-corrected chi connectivity index (χ0v) is 17.0. The Kier molecular flexibility index (Phi) is 6.36. The third-order valence-corrected chi connectivity index (χ3v) is 4.72. The standard InChI is InChI=1S/C22H23N3O5/c1-14-12-18(15(2)25(14)13-17-10-7-11-29-17)21(27)30-19(16-8-5-4-6-9-16)20(26)24-22(28)23-3/h4-12,19H,13H2,1-3H3,(H2,23,24,26,28)/t19-/m0/s1.